The lowest BCUT2D eigenvalue weighted by atomic mass is 9.92. The summed E-state index contributed by atoms with van der Waals surface area (Å²) in [4.78, 5) is 45.0. The fourth-order valence-electron chi connectivity index (χ4n) is 5.58. The zero-order chi connectivity index (χ0) is 31.0. The van der Waals surface area contributed by atoms with Gasteiger partial charge in [0.15, 0.2) is 10.6 Å². The molecule has 2 aromatic carbocycles. The monoisotopic (exact) mass is 610 g/mol. The predicted octanol–water partition coefficient (Wildman–Crippen LogP) is 3.71. The maximum atomic E-state index is 14.1. The number of fused-ring (bicyclic) bond motifs is 2. The third-order valence-electron chi connectivity index (χ3n) is 7.60. The van der Waals surface area contributed by atoms with Crippen molar-refractivity contribution in [2.24, 2.45) is 4.99 Å². The molecular weight excluding hydrogens is 580 g/mol. The van der Waals surface area contributed by atoms with Crippen LogP contribution in [0.4, 0.5) is 0 Å². The Morgan fingerprint density at radius 2 is 1.93 bits per heavy atom. The molecule has 44 heavy (non-hydrogen) atoms. The zero-order valence-corrected chi connectivity index (χ0v) is 25.4. The van der Waals surface area contributed by atoms with Gasteiger partial charge in [-0.05, 0) is 50.3 Å². The number of amides is 1. The number of aromatic nitrogens is 2. The van der Waals surface area contributed by atoms with E-state index in [1.165, 1.54) is 18.3 Å². The van der Waals surface area contributed by atoms with Gasteiger partial charge in [0.1, 0.15) is 23.8 Å². The first kappa shape index (κ1) is 28.9. The summed E-state index contributed by atoms with van der Waals surface area (Å²) in [7, 11) is 3.10. The summed E-state index contributed by atoms with van der Waals surface area (Å²) in [6.45, 7) is 3.64. The van der Waals surface area contributed by atoms with E-state index in [1.54, 1.807) is 56.2 Å². The first-order valence-corrected chi connectivity index (χ1v) is 14.7. The number of nitrogens with zero attached hydrogens (tertiary/aromatic N) is 3. The van der Waals surface area contributed by atoms with Crippen molar-refractivity contribution >= 4 is 40.0 Å². The molecule has 1 aliphatic rings. The molecule has 3 aromatic heterocycles. The molecule has 10 nitrogen and oxygen atoms in total. The summed E-state index contributed by atoms with van der Waals surface area (Å²) in [5.74, 6) is 1.39. The van der Waals surface area contributed by atoms with Gasteiger partial charge in [-0.25, -0.2) is 4.99 Å². The van der Waals surface area contributed by atoms with Crippen molar-refractivity contribution in [3.05, 3.63) is 115 Å². The fraction of sp³-hybridized carbons (Fsp3) is 0.212. The molecule has 0 saturated heterocycles. The highest BCUT2D eigenvalue weighted by atomic mass is 32.1. The molecular formula is C33H30N4O6S. The number of allylic oxidation sites excluding steroid dienone is 2. The van der Waals surface area contributed by atoms with Gasteiger partial charge in [0, 0.05) is 45.6 Å². The molecule has 0 fully saturated rings. The SMILES string of the molecule is COc1ccc([C@@H]2C(C(C)=O)=C(C)N=c3s/c(=C\c4cn(CC(=O)NCc5ccco5)c5ccccc45)c(=O)n32)c(OC)c1. The molecule has 0 bridgehead atoms. The Bertz CT molecular complexity index is 2120. The van der Waals surface area contributed by atoms with Gasteiger partial charge in [-0.15, -0.1) is 0 Å². The summed E-state index contributed by atoms with van der Waals surface area (Å²) in [6, 6.07) is 15.9. The van der Waals surface area contributed by atoms with Crippen molar-refractivity contribution < 1.29 is 23.5 Å². The summed E-state index contributed by atoms with van der Waals surface area (Å²) < 4.78 is 20.2. The van der Waals surface area contributed by atoms with E-state index in [0.29, 0.717) is 50.0 Å². The van der Waals surface area contributed by atoms with Crippen LogP contribution >= 0.6 is 11.3 Å². The van der Waals surface area contributed by atoms with E-state index in [2.05, 4.69) is 10.3 Å². The van der Waals surface area contributed by atoms with Crippen LogP contribution in [0, 0.1) is 0 Å². The Labute approximate surface area is 256 Å². The van der Waals surface area contributed by atoms with Crippen LogP contribution in [0.3, 0.4) is 0 Å². The van der Waals surface area contributed by atoms with Crippen molar-refractivity contribution in [2.75, 3.05) is 14.2 Å². The quantitative estimate of drug-likeness (QED) is 0.272. The predicted molar refractivity (Wildman–Crippen MR) is 166 cm³/mol. The Kier molecular flexibility index (Phi) is 7.79. The number of rotatable bonds is 9. The zero-order valence-electron chi connectivity index (χ0n) is 24.6. The van der Waals surface area contributed by atoms with Gasteiger partial charge in [-0.2, -0.15) is 0 Å². The molecule has 1 aliphatic heterocycles. The van der Waals surface area contributed by atoms with Gasteiger partial charge in [0.05, 0.1) is 37.6 Å². The molecule has 0 radical (unpaired) electrons. The maximum Gasteiger partial charge on any atom is 0.271 e. The highest BCUT2D eigenvalue weighted by molar-refractivity contribution is 7.07. The number of nitrogens with one attached hydrogen (secondary N) is 1. The molecule has 0 unspecified atom stereocenters. The second kappa shape index (κ2) is 11.8. The van der Waals surface area contributed by atoms with E-state index >= 15 is 0 Å². The van der Waals surface area contributed by atoms with Crippen molar-refractivity contribution in [1.29, 1.82) is 0 Å². The van der Waals surface area contributed by atoms with E-state index in [4.69, 9.17) is 13.9 Å². The van der Waals surface area contributed by atoms with Crippen LogP contribution < -0.4 is 29.7 Å². The smallest absolute Gasteiger partial charge is 0.271 e. The van der Waals surface area contributed by atoms with Crippen molar-refractivity contribution in [1.82, 2.24) is 14.5 Å². The average molecular weight is 611 g/mol. The van der Waals surface area contributed by atoms with Crippen molar-refractivity contribution in [3.63, 3.8) is 0 Å². The summed E-state index contributed by atoms with van der Waals surface area (Å²) in [5, 5.41) is 3.77. The summed E-state index contributed by atoms with van der Waals surface area (Å²) >= 11 is 1.25. The molecule has 6 rings (SSSR count). The average Bonchev–Trinajstić information content (AvgIpc) is 3.74. The van der Waals surface area contributed by atoms with E-state index in [1.807, 2.05) is 47.2 Å². The summed E-state index contributed by atoms with van der Waals surface area (Å²) in [6.07, 6.45) is 5.25. The molecule has 4 heterocycles. The van der Waals surface area contributed by atoms with Crippen molar-refractivity contribution in [2.45, 2.75) is 33.0 Å². The van der Waals surface area contributed by atoms with Gasteiger partial charge < -0.3 is 23.8 Å². The van der Waals surface area contributed by atoms with Crippen LogP contribution in [0.15, 0.2) is 92.5 Å². The van der Waals surface area contributed by atoms with Crippen LogP contribution in [0.5, 0.6) is 11.5 Å². The molecule has 1 atom stereocenters. The van der Waals surface area contributed by atoms with Crippen LogP contribution in [-0.4, -0.2) is 35.0 Å². The Balaban J connectivity index is 1.44. The molecule has 0 aliphatic carbocycles. The highest BCUT2D eigenvalue weighted by Gasteiger charge is 2.32. The van der Waals surface area contributed by atoms with Gasteiger partial charge in [0.25, 0.3) is 5.56 Å². The second-order valence-corrected chi connectivity index (χ2v) is 11.3. The number of hydrogen-bond acceptors (Lipinski definition) is 8. The number of carbonyl (C=O) groups excluding carboxylic acids is 2. The third-order valence-corrected chi connectivity index (χ3v) is 8.58. The first-order valence-electron chi connectivity index (χ1n) is 13.9. The number of furan rings is 1. The molecule has 1 N–H and O–H groups in total. The van der Waals surface area contributed by atoms with Gasteiger partial charge in [-0.1, -0.05) is 29.5 Å². The largest absolute Gasteiger partial charge is 0.497 e. The van der Waals surface area contributed by atoms with Crippen molar-refractivity contribution in [3.8, 4) is 11.5 Å². The number of benzene rings is 2. The summed E-state index contributed by atoms with van der Waals surface area (Å²) in [5.41, 5.74) is 2.98. The third kappa shape index (κ3) is 5.26. The lowest BCUT2D eigenvalue weighted by Crippen LogP contribution is -2.39. The molecule has 224 valence electrons. The number of ether oxygens (including phenoxy) is 2. The van der Waals surface area contributed by atoms with Gasteiger partial charge in [-0.3, -0.25) is 19.0 Å². The lowest BCUT2D eigenvalue weighted by Gasteiger charge is -2.26. The van der Waals surface area contributed by atoms with Crippen LogP contribution in [0.25, 0.3) is 17.0 Å². The Hall–Kier alpha value is -5.16. The lowest BCUT2D eigenvalue weighted by molar-refractivity contribution is -0.121. The standard InChI is InChI=1S/C33H30N4O6S/c1-19-30(20(2)38)31(25-12-11-22(41-3)15-27(25)42-4)37-32(40)28(44-33(37)35-19)14-21-17-36(26-10-6-5-9-24(21)26)18-29(39)34-16-23-8-7-13-43-23/h5-15,17,31H,16,18H2,1-4H3,(H,34,39)/b28-14-/t31-/m1/s1. The topological polar surface area (TPSA) is 117 Å². The van der Waals surface area contributed by atoms with E-state index in [9.17, 15) is 14.4 Å². The first-order chi connectivity index (χ1) is 21.3. The van der Waals surface area contributed by atoms with Crippen LogP contribution in [-0.2, 0) is 22.7 Å². The Morgan fingerprint density at radius 1 is 1.11 bits per heavy atom. The molecule has 0 spiro atoms. The van der Waals surface area contributed by atoms with E-state index in [-0.39, 0.29) is 23.8 Å². The number of carbonyl (C=O) groups is 2. The molecule has 0 saturated carbocycles. The van der Waals surface area contributed by atoms with Gasteiger partial charge in [0.2, 0.25) is 5.91 Å². The number of methoxy groups -OCH3 is 2. The van der Waals surface area contributed by atoms with Gasteiger partial charge >= 0.3 is 0 Å². The highest BCUT2D eigenvalue weighted by Crippen LogP contribution is 2.37. The number of para-hydroxylation sites is 1. The fourth-order valence-corrected chi connectivity index (χ4v) is 6.62. The van der Waals surface area contributed by atoms with Crippen LogP contribution in [0.1, 0.15) is 36.8 Å². The normalized spacial score (nSPS) is 14.8. The Morgan fingerprint density at radius 3 is 2.66 bits per heavy atom. The number of hydrogen-bond donors (Lipinski definition) is 1. The van der Waals surface area contributed by atoms with Crippen LogP contribution in [0.2, 0.25) is 0 Å². The molecule has 11 heteroatoms. The number of thiazole rings is 1. The molecule has 1 amide bonds. The number of Topliss-reactive ketones (excluding diaryl/α,β-unsaturated/α-hetero) is 1. The van der Waals surface area contributed by atoms with E-state index < -0.39 is 6.04 Å². The van der Waals surface area contributed by atoms with E-state index in [0.717, 1.165) is 16.5 Å². The second-order valence-electron chi connectivity index (χ2n) is 10.3. The minimum Gasteiger partial charge on any atom is -0.497 e. The minimum atomic E-state index is -0.731. The maximum absolute atomic E-state index is 14.1. The molecule has 5 aromatic rings. The number of ketones is 1. The minimum absolute atomic E-state index is 0.0920.